The van der Waals surface area contributed by atoms with Crippen molar-refractivity contribution in [2.24, 2.45) is 5.73 Å². The molecular formula is C14H21N3O. The molecule has 1 aliphatic rings. The van der Waals surface area contributed by atoms with Crippen molar-refractivity contribution in [3.8, 4) is 0 Å². The average molecular weight is 247 g/mol. The highest BCUT2D eigenvalue weighted by atomic mass is 16.2. The van der Waals surface area contributed by atoms with Gasteiger partial charge in [0.2, 0.25) is 5.91 Å². The molecule has 1 amide bonds. The van der Waals surface area contributed by atoms with Gasteiger partial charge in [0.15, 0.2) is 0 Å². The molecule has 0 radical (unpaired) electrons. The monoisotopic (exact) mass is 247 g/mol. The minimum absolute atomic E-state index is 0.226. The van der Waals surface area contributed by atoms with Gasteiger partial charge >= 0.3 is 0 Å². The van der Waals surface area contributed by atoms with Gasteiger partial charge in [-0.3, -0.25) is 4.79 Å². The van der Waals surface area contributed by atoms with E-state index in [1.165, 1.54) is 11.1 Å². The molecule has 0 fully saturated rings. The Bertz CT molecular complexity index is 431. The van der Waals surface area contributed by atoms with E-state index in [0.717, 1.165) is 31.6 Å². The average Bonchev–Trinajstić information content (AvgIpc) is 2.38. The Hall–Kier alpha value is -1.39. The van der Waals surface area contributed by atoms with Gasteiger partial charge in [-0.2, -0.15) is 0 Å². The minimum Gasteiger partial charge on any atom is -0.330 e. The number of nitrogens with two attached hydrogens (primary N) is 1. The van der Waals surface area contributed by atoms with Crippen LogP contribution in [0.5, 0.6) is 0 Å². The molecule has 0 spiro atoms. The highest BCUT2D eigenvalue weighted by Crippen LogP contribution is 2.28. The van der Waals surface area contributed by atoms with Crippen molar-refractivity contribution >= 4 is 11.6 Å². The molecule has 0 saturated heterocycles. The Morgan fingerprint density at radius 3 is 2.94 bits per heavy atom. The van der Waals surface area contributed by atoms with Gasteiger partial charge in [0.1, 0.15) is 0 Å². The van der Waals surface area contributed by atoms with E-state index in [4.69, 9.17) is 5.73 Å². The normalized spacial score (nSPS) is 14.8. The minimum atomic E-state index is 0.226. The Morgan fingerprint density at radius 2 is 2.22 bits per heavy atom. The molecule has 1 aliphatic heterocycles. The van der Waals surface area contributed by atoms with Crippen molar-refractivity contribution in [1.29, 1.82) is 0 Å². The number of hydrogen-bond acceptors (Lipinski definition) is 3. The molecule has 4 nitrogen and oxygen atoms in total. The number of fused-ring (bicyclic) bond motifs is 1. The third-order valence-corrected chi connectivity index (χ3v) is 3.36. The van der Waals surface area contributed by atoms with Gasteiger partial charge in [-0.1, -0.05) is 12.1 Å². The van der Waals surface area contributed by atoms with Crippen LogP contribution in [0.3, 0.4) is 0 Å². The maximum absolute atomic E-state index is 12.0. The van der Waals surface area contributed by atoms with Crippen LogP contribution in [0.25, 0.3) is 0 Å². The van der Waals surface area contributed by atoms with Crippen molar-refractivity contribution in [3.63, 3.8) is 0 Å². The number of hydrogen-bond donors (Lipinski definition) is 2. The zero-order chi connectivity index (χ0) is 13.0. The lowest BCUT2D eigenvalue weighted by atomic mass is 9.97. The van der Waals surface area contributed by atoms with Gasteiger partial charge in [0.05, 0.1) is 0 Å². The summed E-state index contributed by atoms with van der Waals surface area (Å²) in [4.78, 5) is 13.8. The summed E-state index contributed by atoms with van der Waals surface area (Å²) >= 11 is 0. The number of benzene rings is 1. The third-order valence-electron chi connectivity index (χ3n) is 3.36. The van der Waals surface area contributed by atoms with Crippen LogP contribution in [0.15, 0.2) is 18.2 Å². The van der Waals surface area contributed by atoms with E-state index in [1.807, 2.05) is 11.9 Å². The van der Waals surface area contributed by atoms with Gasteiger partial charge in [-0.25, -0.2) is 0 Å². The predicted octanol–water partition coefficient (Wildman–Crippen LogP) is 0.686. The molecule has 1 aromatic rings. The standard InChI is InChI=1S/C14H21N3O/c1-16-8-9-17-13-4-2-11(6-7-15)10-12(13)3-5-14(17)18/h2,4,10,16H,3,5-9,15H2,1H3. The summed E-state index contributed by atoms with van der Waals surface area (Å²) < 4.78 is 0. The summed E-state index contributed by atoms with van der Waals surface area (Å²) in [6.07, 6.45) is 2.36. The Morgan fingerprint density at radius 1 is 1.39 bits per heavy atom. The number of carbonyl (C=O) groups excluding carboxylic acids is 1. The second-order valence-electron chi connectivity index (χ2n) is 4.65. The molecule has 0 bridgehead atoms. The van der Waals surface area contributed by atoms with Crippen LogP contribution in [-0.4, -0.2) is 32.6 Å². The van der Waals surface area contributed by atoms with E-state index < -0.39 is 0 Å². The molecule has 98 valence electrons. The number of carbonyl (C=O) groups is 1. The summed E-state index contributed by atoms with van der Waals surface area (Å²) in [5.74, 6) is 0.226. The van der Waals surface area contributed by atoms with E-state index >= 15 is 0 Å². The fourth-order valence-corrected chi connectivity index (χ4v) is 2.40. The first kappa shape index (κ1) is 13.1. The summed E-state index contributed by atoms with van der Waals surface area (Å²) in [5, 5.41) is 3.09. The topological polar surface area (TPSA) is 58.4 Å². The quantitative estimate of drug-likeness (QED) is 0.804. The number of likely N-dealkylation sites (N-methyl/N-ethyl adjacent to an activating group) is 1. The second kappa shape index (κ2) is 5.98. The van der Waals surface area contributed by atoms with Crippen LogP contribution >= 0.6 is 0 Å². The van der Waals surface area contributed by atoms with Crippen molar-refractivity contribution < 1.29 is 4.79 Å². The Balaban J connectivity index is 2.24. The summed E-state index contributed by atoms with van der Waals surface area (Å²) in [6.45, 7) is 2.22. The van der Waals surface area contributed by atoms with Gasteiger partial charge in [-0.15, -0.1) is 0 Å². The number of nitrogens with zero attached hydrogens (tertiary/aromatic N) is 1. The van der Waals surface area contributed by atoms with Gasteiger partial charge in [-0.05, 0) is 43.6 Å². The van der Waals surface area contributed by atoms with Crippen LogP contribution in [0.1, 0.15) is 17.5 Å². The number of nitrogens with one attached hydrogen (secondary N) is 1. The van der Waals surface area contributed by atoms with Crippen LogP contribution < -0.4 is 16.0 Å². The van der Waals surface area contributed by atoms with Crippen LogP contribution in [0.4, 0.5) is 5.69 Å². The first-order valence-electron chi connectivity index (χ1n) is 6.53. The zero-order valence-corrected chi connectivity index (χ0v) is 10.9. The maximum atomic E-state index is 12.0. The van der Waals surface area contributed by atoms with Crippen molar-refractivity contribution in [3.05, 3.63) is 29.3 Å². The SMILES string of the molecule is CNCCN1C(=O)CCc2cc(CCN)ccc21. The van der Waals surface area contributed by atoms with E-state index in [9.17, 15) is 4.79 Å². The van der Waals surface area contributed by atoms with Crippen molar-refractivity contribution in [2.75, 3.05) is 31.6 Å². The molecule has 2 rings (SSSR count). The maximum Gasteiger partial charge on any atom is 0.227 e. The lowest BCUT2D eigenvalue weighted by Gasteiger charge is -2.29. The molecule has 18 heavy (non-hydrogen) atoms. The predicted molar refractivity (Wildman–Crippen MR) is 73.8 cm³/mol. The lowest BCUT2D eigenvalue weighted by Crippen LogP contribution is -2.39. The molecule has 0 aliphatic carbocycles. The number of amides is 1. The summed E-state index contributed by atoms with van der Waals surface area (Å²) in [5.41, 5.74) is 9.19. The Kier molecular flexibility index (Phi) is 4.33. The zero-order valence-electron chi connectivity index (χ0n) is 10.9. The molecule has 4 heteroatoms. The molecule has 0 atom stereocenters. The van der Waals surface area contributed by atoms with Crippen LogP contribution in [0, 0.1) is 0 Å². The molecule has 3 N–H and O–H groups in total. The smallest absolute Gasteiger partial charge is 0.227 e. The van der Waals surface area contributed by atoms with E-state index in [1.54, 1.807) is 0 Å². The molecule has 0 aromatic heterocycles. The molecule has 1 heterocycles. The highest BCUT2D eigenvalue weighted by Gasteiger charge is 2.23. The van der Waals surface area contributed by atoms with Crippen molar-refractivity contribution in [1.82, 2.24) is 5.32 Å². The molecular weight excluding hydrogens is 226 g/mol. The fraction of sp³-hybridized carbons (Fsp3) is 0.500. The van der Waals surface area contributed by atoms with E-state index in [0.29, 0.717) is 13.0 Å². The molecule has 1 aromatic carbocycles. The Labute approximate surface area is 108 Å². The molecule has 0 unspecified atom stereocenters. The first-order valence-corrected chi connectivity index (χ1v) is 6.53. The third kappa shape index (κ3) is 2.71. The van der Waals surface area contributed by atoms with E-state index in [2.05, 4.69) is 23.5 Å². The van der Waals surface area contributed by atoms with Gasteiger partial charge < -0.3 is 16.0 Å². The number of rotatable bonds is 5. The molecule has 0 saturated carbocycles. The number of anilines is 1. The van der Waals surface area contributed by atoms with Crippen molar-refractivity contribution in [2.45, 2.75) is 19.3 Å². The fourth-order valence-electron chi connectivity index (χ4n) is 2.40. The lowest BCUT2D eigenvalue weighted by molar-refractivity contribution is -0.118. The van der Waals surface area contributed by atoms with Gasteiger partial charge in [0, 0.05) is 25.2 Å². The van der Waals surface area contributed by atoms with Gasteiger partial charge in [0.25, 0.3) is 0 Å². The van der Waals surface area contributed by atoms with Crippen LogP contribution in [0.2, 0.25) is 0 Å². The summed E-state index contributed by atoms with van der Waals surface area (Å²) in [7, 11) is 1.90. The number of aryl methyl sites for hydroxylation is 1. The van der Waals surface area contributed by atoms with Crippen LogP contribution in [-0.2, 0) is 17.6 Å². The first-order chi connectivity index (χ1) is 8.76. The highest BCUT2D eigenvalue weighted by molar-refractivity contribution is 5.96. The van der Waals surface area contributed by atoms with E-state index in [-0.39, 0.29) is 5.91 Å². The summed E-state index contributed by atoms with van der Waals surface area (Å²) in [6, 6.07) is 6.34. The largest absolute Gasteiger partial charge is 0.330 e. The second-order valence-corrected chi connectivity index (χ2v) is 4.65.